The predicted octanol–water partition coefficient (Wildman–Crippen LogP) is 1.41. The smallest absolute Gasteiger partial charge is 0.333 e. The quantitative estimate of drug-likeness (QED) is 0.246. The Bertz CT molecular complexity index is 596. The molecule has 0 unspecified atom stereocenters. The number of hydrogen-bond donors (Lipinski definition) is 1. The molecule has 0 heterocycles. The number of quaternary nitrogens is 1. The first-order valence-electron chi connectivity index (χ1n) is 8.14. The summed E-state index contributed by atoms with van der Waals surface area (Å²) in [4.78, 5) is 21.6. The van der Waals surface area contributed by atoms with Crippen LogP contribution in [0.2, 0.25) is 0 Å². The fourth-order valence-corrected chi connectivity index (χ4v) is 2.04. The highest BCUT2D eigenvalue weighted by molar-refractivity contribution is 7.85. The Morgan fingerprint density at radius 1 is 1.00 bits per heavy atom. The van der Waals surface area contributed by atoms with E-state index in [0.29, 0.717) is 41.7 Å². The van der Waals surface area contributed by atoms with Crippen molar-refractivity contribution in [2.75, 3.05) is 46.2 Å². The third-order valence-electron chi connectivity index (χ3n) is 3.07. The minimum atomic E-state index is -3.90. The Morgan fingerprint density at radius 3 is 1.78 bits per heavy atom. The second-order valence-corrected chi connectivity index (χ2v) is 8.01. The fraction of sp³-hybridized carbons (Fsp3) is 0.647. The van der Waals surface area contributed by atoms with Crippen LogP contribution in [0.1, 0.15) is 27.2 Å². The van der Waals surface area contributed by atoms with E-state index in [9.17, 15) is 18.0 Å². The standard InChI is InChI=1S/C11H21NO5S.C6H10O2.H2O/c1-10(2)11(13)17-8-7-12(3,4)6-5-9-18(14,15)16;1-4-8-6(7)5(2)3;/h1,5-9H2,2-4H3;2,4H2,1,3H3;1H2. The number of carbonyl (C=O) groups is 2. The molecule has 0 atom stereocenters. The topological polar surface area (TPSA) is 137 Å². The molecule has 0 aliphatic heterocycles. The van der Waals surface area contributed by atoms with Crippen molar-refractivity contribution in [2.24, 2.45) is 0 Å². The molecule has 0 saturated carbocycles. The molecule has 0 rings (SSSR count). The molecule has 10 heteroatoms. The van der Waals surface area contributed by atoms with Crippen LogP contribution < -0.4 is 0 Å². The highest BCUT2D eigenvalue weighted by atomic mass is 32.2. The van der Waals surface area contributed by atoms with Crippen LogP contribution in [0.4, 0.5) is 0 Å². The van der Waals surface area contributed by atoms with Gasteiger partial charge in [-0.1, -0.05) is 13.2 Å². The lowest BCUT2D eigenvalue weighted by molar-refractivity contribution is -0.890. The van der Waals surface area contributed by atoms with Gasteiger partial charge in [-0.15, -0.1) is 0 Å². The molecule has 0 aliphatic rings. The van der Waals surface area contributed by atoms with Gasteiger partial charge in [0, 0.05) is 17.6 Å². The van der Waals surface area contributed by atoms with E-state index in [1.54, 1.807) is 20.8 Å². The van der Waals surface area contributed by atoms with Gasteiger partial charge in [0.05, 0.1) is 33.0 Å². The molecule has 0 aromatic heterocycles. The largest absolute Gasteiger partial charge is 0.870 e. The summed E-state index contributed by atoms with van der Waals surface area (Å²) < 4.78 is 39.8. The summed E-state index contributed by atoms with van der Waals surface area (Å²) in [6.07, 6.45) is 0.361. The lowest BCUT2D eigenvalue weighted by atomic mass is 10.3. The number of likely N-dealkylation sites (N-methyl/N-ethyl adjacent to an activating group) is 1. The summed E-state index contributed by atoms with van der Waals surface area (Å²) in [5, 5.41) is 0. The molecule has 160 valence electrons. The molecular formula is C17H33NO8S. The normalized spacial score (nSPS) is 10.6. The van der Waals surface area contributed by atoms with Crippen molar-refractivity contribution in [2.45, 2.75) is 27.2 Å². The van der Waals surface area contributed by atoms with Gasteiger partial charge in [-0.2, -0.15) is 8.42 Å². The SMILES string of the molecule is C=C(C)C(=O)OCC.C=C(C)C(=O)OCC[N+](C)(C)CCCS(=O)(=O)O.[OH-]. The Hall–Kier alpha value is -1.75. The van der Waals surface area contributed by atoms with E-state index >= 15 is 0 Å². The third kappa shape index (κ3) is 20.4. The van der Waals surface area contributed by atoms with Gasteiger partial charge in [0.25, 0.3) is 10.1 Å². The summed E-state index contributed by atoms with van der Waals surface area (Å²) >= 11 is 0. The summed E-state index contributed by atoms with van der Waals surface area (Å²) in [5.41, 5.74) is 0.804. The van der Waals surface area contributed by atoms with Crippen molar-refractivity contribution >= 4 is 22.1 Å². The Morgan fingerprint density at radius 2 is 1.44 bits per heavy atom. The second-order valence-electron chi connectivity index (χ2n) is 6.44. The molecule has 0 fully saturated rings. The number of ether oxygens (including phenoxy) is 2. The minimum absolute atomic E-state index is 0. The van der Waals surface area contributed by atoms with E-state index in [1.165, 1.54) is 0 Å². The van der Waals surface area contributed by atoms with Gasteiger partial charge in [-0.25, -0.2) is 9.59 Å². The van der Waals surface area contributed by atoms with Crippen LogP contribution in [0.5, 0.6) is 0 Å². The third-order valence-corrected chi connectivity index (χ3v) is 3.87. The second kappa shape index (κ2) is 14.3. The van der Waals surface area contributed by atoms with Crippen LogP contribution in [-0.4, -0.2) is 81.0 Å². The molecular weight excluding hydrogens is 378 g/mol. The van der Waals surface area contributed by atoms with Crippen LogP contribution in [0.3, 0.4) is 0 Å². The maximum Gasteiger partial charge on any atom is 0.333 e. The Kier molecular flexibility index (Phi) is 15.9. The van der Waals surface area contributed by atoms with Crippen LogP contribution in [0.25, 0.3) is 0 Å². The van der Waals surface area contributed by atoms with Gasteiger partial charge in [0.1, 0.15) is 13.2 Å². The number of carbonyl (C=O) groups excluding carboxylic acids is 2. The first kappa shape index (κ1) is 30.0. The molecule has 0 radical (unpaired) electrons. The fourth-order valence-electron chi connectivity index (χ4n) is 1.55. The molecule has 27 heavy (non-hydrogen) atoms. The van der Waals surface area contributed by atoms with Gasteiger partial charge in [-0.05, 0) is 20.8 Å². The van der Waals surface area contributed by atoms with Gasteiger partial charge >= 0.3 is 11.9 Å². The molecule has 0 aliphatic carbocycles. The zero-order chi connectivity index (χ0) is 21.0. The number of hydrogen-bond acceptors (Lipinski definition) is 7. The molecule has 0 spiro atoms. The first-order valence-corrected chi connectivity index (χ1v) is 9.75. The van der Waals surface area contributed by atoms with Crippen molar-refractivity contribution in [3.63, 3.8) is 0 Å². The molecule has 0 bridgehead atoms. The summed E-state index contributed by atoms with van der Waals surface area (Å²) in [7, 11) is -0.0959. The van der Waals surface area contributed by atoms with Crippen molar-refractivity contribution in [1.29, 1.82) is 0 Å². The van der Waals surface area contributed by atoms with Gasteiger partial charge < -0.3 is 19.4 Å². The highest BCUT2D eigenvalue weighted by Crippen LogP contribution is 2.02. The van der Waals surface area contributed by atoms with E-state index in [1.807, 2.05) is 14.1 Å². The van der Waals surface area contributed by atoms with Crippen LogP contribution in [-0.2, 0) is 29.2 Å². The van der Waals surface area contributed by atoms with E-state index in [-0.39, 0.29) is 23.8 Å². The molecule has 0 amide bonds. The van der Waals surface area contributed by atoms with E-state index in [0.717, 1.165) is 0 Å². The first-order chi connectivity index (χ1) is 11.7. The molecule has 0 aromatic carbocycles. The maximum absolute atomic E-state index is 11.1. The highest BCUT2D eigenvalue weighted by Gasteiger charge is 2.17. The van der Waals surface area contributed by atoms with Gasteiger partial charge in [0.15, 0.2) is 0 Å². The molecule has 0 saturated heterocycles. The minimum Gasteiger partial charge on any atom is -0.870 e. The lowest BCUT2D eigenvalue weighted by Crippen LogP contribution is -2.43. The number of rotatable bonds is 10. The van der Waals surface area contributed by atoms with Crippen molar-refractivity contribution in [3.8, 4) is 0 Å². The summed E-state index contributed by atoms with van der Waals surface area (Å²) in [5.74, 6) is -0.985. The summed E-state index contributed by atoms with van der Waals surface area (Å²) in [6.45, 7) is 13.7. The zero-order valence-electron chi connectivity index (χ0n) is 16.9. The van der Waals surface area contributed by atoms with Crippen LogP contribution in [0.15, 0.2) is 24.3 Å². The predicted molar refractivity (Wildman–Crippen MR) is 102 cm³/mol. The number of nitrogens with zero attached hydrogens (tertiary/aromatic N) is 1. The lowest BCUT2D eigenvalue weighted by Gasteiger charge is -2.29. The Balaban J connectivity index is -0.000000542. The summed E-state index contributed by atoms with van der Waals surface area (Å²) in [6, 6.07) is 0. The van der Waals surface area contributed by atoms with E-state index in [4.69, 9.17) is 9.29 Å². The monoisotopic (exact) mass is 411 g/mol. The Labute approximate surface area is 162 Å². The molecule has 2 N–H and O–H groups in total. The maximum atomic E-state index is 11.1. The number of esters is 2. The van der Waals surface area contributed by atoms with Crippen LogP contribution in [0, 0.1) is 0 Å². The van der Waals surface area contributed by atoms with Crippen molar-refractivity contribution < 1.29 is 42.0 Å². The molecule has 9 nitrogen and oxygen atoms in total. The van der Waals surface area contributed by atoms with Crippen LogP contribution >= 0.6 is 0 Å². The average molecular weight is 412 g/mol. The van der Waals surface area contributed by atoms with E-state index in [2.05, 4.69) is 17.9 Å². The van der Waals surface area contributed by atoms with Gasteiger partial charge in [0.2, 0.25) is 0 Å². The van der Waals surface area contributed by atoms with E-state index < -0.39 is 16.1 Å². The molecule has 0 aromatic rings. The average Bonchev–Trinajstić information content (AvgIpc) is 2.45. The van der Waals surface area contributed by atoms with Crippen molar-refractivity contribution in [1.82, 2.24) is 0 Å². The van der Waals surface area contributed by atoms with Gasteiger partial charge in [-0.3, -0.25) is 4.55 Å². The van der Waals surface area contributed by atoms with Crippen molar-refractivity contribution in [3.05, 3.63) is 24.3 Å². The zero-order valence-corrected chi connectivity index (χ0v) is 17.7.